The van der Waals surface area contributed by atoms with Crippen LogP contribution in [-0.2, 0) is 6.42 Å². The van der Waals surface area contributed by atoms with Crippen LogP contribution in [0.25, 0.3) is 17.0 Å². The summed E-state index contributed by atoms with van der Waals surface area (Å²) < 4.78 is 12.0. The quantitative estimate of drug-likeness (QED) is 0.654. The van der Waals surface area contributed by atoms with Gasteiger partial charge in [0.15, 0.2) is 11.5 Å². The van der Waals surface area contributed by atoms with E-state index in [1.165, 1.54) is 19.3 Å². The lowest BCUT2D eigenvalue weighted by Gasteiger charge is -2.04. The number of nitrogens with two attached hydrogens (primary N) is 1. The molecule has 0 aliphatic rings. The van der Waals surface area contributed by atoms with Gasteiger partial charge >= 0.3 is 0 Å². The molecule has 0 fully saturated rings. The molecule has 0 saturated carbocycles. The molecule has 0 aliphatic heterocycles. The van der Waals surface area contributed by atoms with Gasteiger partial charge in [-0.3, -0.25) is 9.36 Å². The molecular weight excluding hydrogens is 344 g/mol. The number of rotatable bonds is 6. The van der Waals surface area contributed by atoms with Crippen molar-refractivity contribution in [3.05, 3.63) is 59.8 Å². The van der Waals surface area contributed by atoms with E-state index in [-0.39, 0.29) is 11.7 Å². The lowest BCUT2D eigenvalue weighted by Crippen LogP contribution is -2.06. The molecule has 3 aromatic rings. The number of nitrogens with zero attached hydrogens (tertiary/aromatic N) is 1. The van der Waals surface area contributed by atoms with Crippen LogP contribution in [0.4, 0.5) is 0 Å². The highest BCUT2D eigenvalue weighted by Crippen LogP contribution is 2.28. The summed E-state index contributed by atoms with van der Waals surface area (Å²) in [6.07, 6.45) is 5.66. The lowest BCUT2D eigenvalue weighted by molar-refractivity contribution is 0.0974. The monoisotopic (exact) mass is 366 g/mol. The third kappa shape index (κ3) is 3.80. The van der Waals surface area contributed by atoms with Gasteiger partial charge in [0.25, 0.3) is 5.91 Å². The van der Waals surface area contributed by atoms with Gasteiger partial charge in [0.1, 0.15) is 5.75 Å². The molecule has 0 saturated heterocycles. The third-order valence-electron chi connectivity index (χ3n) is 4.37. The molecule has 140 valence electrons. The summed E-state index contributed by atoms with van der Waals surface area (Å²) in [5, 5.41) is 10.6. The van der Waals surface area contributed by atoms with Crippen molar-refractivity contribution in [3.63, 3.8) is 0 Å². The van der Waals surface area contributed by atoms with Gasteiger partial charge in [0, 0.05) is 17.7 Å². The van der Waals surface area contributed by atoms with Crippen molar-refractivity contribution in [2.75, 3.05) is 20.8 Å². The smallest absolute Gasteiger partial charge is 0.255 e. The number of benzene rings is 2. The maximum absolute atomic E-state index is 12.8. The van der Waals surface area contributed by atoms with Crippen LogP contribution in [0.1, 0.15) is 15.9 Å². The second-order valence-corrected chi connectivity index (χ2v) is 6.05. The van der Waals surface area contributed by atoms with Crippen molar-refractivity contribution >= 4 is 22.9 Å². The summed E-state index contributed by atoms with van der Waals surface area (Å²) in [7, 11) is 3.09. The zero-order valence-electron chi connectivity index (χ0n) is 15.3. The Morgan fingerprint density at radius 2 is 2.00 bits per heavy atom. The summed E-state index contributed by atoms with van der Waals surface area (Å²) in [6.45, 7) is 0.494. The Morgan fingerprint density at radius 3 is 2.70 bits per heavy atom. The highest BCUT2D eigenvalue weighted by atomic mass is 16.5. The second kappa shape index (κ2) is 7.97. The average molecular weight is 366 g/mol. The van der Waals surface area contributed by atoms with E-state index >= 15 is 0 Å². The van der Waals surface area contributed by atoms with Crippen LogP contribution in [0.3, 0.4) is 0 Å². The second-order valence-electron chi connectivity index (χ2n) is 6.05. The Balaban J connectivity index is 1.95. The molecule has 6 heteroatoms. The molecule has 1 heterocycles. The number of carbonyl (C=O) groups excluding carboxylic acids is 1. The number of carbonyl (C=O) groups is 1. The maximum atomic E-state index is 12.8. The number of methoxy groups -OCH3 is 2. The Hall–Kier alpha value is -3.25. The first-order chi connectivity index (χ1) is 13.1. The minimum Gasteiger partial charge on any atom is -0.504 e. The van der Waals surface area contributed by atoms with E-state index in [9.17, 15) is 9.90 Å². The SMILES string of the molecule is COc1ccc2c(c1)c(CCN)cn2C(=O)C=Cc1ccc(O)c(OC)c1. The predicted molar refractivity (Wildman–Crippen MR) is 106 cm³/mol. The average Bonchev–Trinajstić information content (AvgIpc) is 3.05. The zero-order chi connectivity index (χ0) is 19.4. The molecule has 2 aromatic carbocycles. The fourth-order valence-corrected chi connectivity index (χ4v) is 2.99. The maximum Gasteiger partial charge on any atom is 0.255 e. The molecule has 6 nitrogen and oxygen atoms in total. The summed E-state index contributed by atoms with van der Waals surface area (Å²) in [5.74, 6) is 0.962. The largest absolute Gasteiger partial charge is 0.504 e. The van der Waals surface area contributed by atoms with Gasteiger partial charge in [-0.2, -0.15) is 0 Å². The highest BCUT2D eigenvalue weighted by Gasteiger charge is 2.13. The number of aromatic hydroxyl groups is 1. The van der Waals surface area contributed by atoms with Crippen LogP contribution >= 0.6 is 0 Å². The first-order valence-corrected chi connectivity index (χ1v) is 8.55. The van der Waals surface area contributed by atoms with Crippen LogP contribution < -0.4 is 15.2 Å². The van der Waals surface area contributed by atoms with Crippen LogP contribution in [-0.4, -0.2) is 36.3 Å². The molecule has 0 atom stereocenters. The van der Waals surface area contributed by atoms with E-state index in [2.05, 4.69) is 0 Å². The molecular formula is C21H22N2O4. The highest BCUT2D eigenvalue weighted by molar-refractivity contribution is 6.01. The topological polar surface area (TPSA) is 86.7 Å². The van der Waals surface area contributed by atoms with Crippen molar-refractivity contribution in [2.24, 2.45) is 5.73 Å². The van der Waals surface area contributed by atoms with Gasteiger partial charge in [0.05, 0.1) is 19.7 Å². The molecule has 27 heavy (non-hydrogen) atoms. The van der Waals surface area contributed by atoms with E-state index in [4.69, 9.17) is 15.2 Å². The van der Waals surface area contributed by atoms with Gasteiger partial charge in [-0.15, -0.1) is 0 Å². The van der Waals surface area contributed by atoms with Crippen molar-refractivity contribution in [1.82, 2.24) is 4.57 Å². The van der Waals surface area contributed by atoms with E-state index in [1.807, 2.05) is 24.4 Å². The van der Waals surface area contributed by atoms with E-state index in [0.717, 1.165) is 27.8 Å². The Labute approximate surface area is 157 Å². The minimum atomic E-state index is -0.180. The molecule has 3 rings (SSSR count). The van der Waals surface area contributed by atoms with Crippen LogP contribution in [0.15, 0.2) is 48.7 Å². The van der Waals surface area contributed by atoms with Crippen LogP contribution in [0, 0.1) is 0 Å². The molecule has 0 bridgehead atoms. The molecule has 0 amide bonds. The number of allylic oxidation sites excluding steroid dienone is 1. The standard InChI is InChI=1S/C21H22N2O4/c1-26-16-5-6-18-17(12-16)15(9-10-22)13-23(18)21(25)8-4-14-3-7-19(24)20(11-14)27-2/h3-8,11-13,24H,9-10,22H2,1-2H3. The molecule has 3 N–H and O–H groups in total. The number of fused-ring (bicyclic) bond motifs is 1. The number of phenolic OH excluding ortho intramolecular Hbond substituents is 1. The number of hydrogen-bond donors (Lipinski definition) is 2. The van der Waals surface area contributed by atoms with Crippen molar-refractivity contribution in [2.45, 2.75) is 6.42 Å². The molecule has 0 spiro atoms. The van der Waals surface area contributed by atoms with Gasteiger partial charge < -0.3 is 20.3 Å². The van der Waals surface area contributed by atoms with Gasteiger partial charge in [-0.25, -0.2) is 0 Å². The van der Waals surface area contributed by atoms with Crippen LogP contribution in [0.2, 0.25) is 0 Å². The summed E-state index contributed by atoms with van der Waals surface area (Å²) in [4.78, 5) is 12.8. The Kier molecular flexibility index (Phi) is 5.47. The minimum absolute atomic E-state index is 0.0535. The van der Waals surface area contributed by atoms with Gasteiger partial charge in [-0.1, -0.05) is 6.07 Å². The fourth-order valence-electron chi connectivity index (χ4n) is 2.99. The summed E-state index contributed by atoms with van der Waals surface area (Å²) >= 11 is 0. The zero-order valence-corrected chi connectivity index (χ0v) is 15.3. The molecule has 0 unspecified atom stereocenters. The summed E-state index contributed by atoms with van der Waals surface area (Å²) in [6, 6.07) is 10.5. The van der Waals surface area contributed by atoms with Gasteiger partial charge in [-0.05, 0) is 60.5 Å². The number of ether oxygens (including phenoxy) is 2. The Bertz CT molecular complexity index is 1000. The molecule has 1 aromatic heterocycles. The van der Waals surface area contributed by atoms with E-state index in [1.54, 1.807) is 29.9 Å². The van der Waals surface area contributed by atoms with Crippen molar-refractivity contribution in [3.8, 4) is 17.2 Å². The molecule has 0 radical (unpaired) electrons. The number of phenols is 1. The van der Waals surface area contributed by atoms with Crippen LogP contribution in [0.5, 0.6) is 17.2 Å². The Morgan fingerprint density at radius 1 is 1.19 bits per heavy atom. The predicted octanol–water partition coefficient (Wildman–Crippen LogP) is 3.22. The normalized spacial score (nSPS) is 11.2. The lowest BCUT2D eigenvalue weighted by atomic mass is 10.1. The van der Waals surface area contributed by atoms with E-state index in [0.29, 0.717) is 18.7 Å². The summed E-state index contributed by atoms with van der Waals surface area (Å²) in [5.41, 5.74) is 8.26. The fraction of sp³-hybridized carbons (Fsp3) is 0.190. The van der Waals surface area contributed by atoms with Crippen molar-refractivity contribution < 1.29 is 19.4 Å². The first-order valence-electron chi connectivity index (χ1n) is 8.55. The first kappa shape index (κ1) is 18.5. The van der Waals surface area contributed by atoms with Gasteiger partial charge in [0.2, 0.25) is 0 Å². The number of aromatic nitrogens is 1. The number of hydrogen-bond acceptors (Lipinski definition) is 5. The van der Waals surface area contributed by atoms with Crippen molar-refractivity contribution in [1.29, 1.82) is 0 Å². The third-order valence-corrected chi connectivity index (χ3v) is 4.37. The van der Waals surface area contributed by atoms with E-state index < -0.39 is 0 Å². The molecule has 0 aliphatic carbocycles.